The summed E-state index contributed by atoms with van der Waals surface area (Å²) in [5.41, 5.74) is 6.05. The van der Waals surface area contributed by atoms with Crippen LogP contribution in [0.2, 0.25) is 0 Å². The van der Waals surface area contributed by atoms with E-state index in [0.29, 0.717) is 5.95 Å². The molecule has 2 aromatic heterocycles. The average molecular weight is 359 g/mol. The van der Waals surface area contributed by atoms with Gasteiger partial charge < -0.3 is 15.4 Å². The molecular weight excluding hydrogens is 338 g/mol. The maximum absolute atomic E-state index is 5.57. The molecule has 0 amide bonds. The van der Waals surface area contributed by atoms with Crippen molar-refractivity contribution >= 4 is 23.5 Å². The predicted octanol–water partition coefficient (Wildman–Crippen LogP) is 4.21. The van der Waals surface area contributed by atoms with Gasteiger partial charge in [-0.25, -0.2) is 4.98 Å². The van der Waals surface area contributed by atoms with Crippen molar-refractivity contribution in [2.24, 2.45) is 0 Å². The van der Waals surface area contributed by atoms with Crippen molar-refractivity contribution in [1.29, 1.82) is 0 Å². The van der Waals surface area contributed by atoms with Crippen LogP contribution in [0, 0.1) is 6.92 Å². The van der Waals surface area contributed by atoms with Crippen molar-refractivity contribution in [3.63, 3.8) is 0 Å². The van der Waals surface area contributed by atoms with Gasteiger partial charge in [0.15, 0.2) is 0 Å². The molecule has 136 valence electrons. The maximum Gasteiger partial charge on any atom is 0.229 e. The lowest BCUT2D eigenvalue weighted by Gasteiger charge is -2.13. The van der Waals surface area contributed by atoms with Crippen molar-refractivity contribution in [3.05, 3.63) is 59.6 Å². The number of pyridine rings is 1. The molecule has 0 spiro atoms. The number of anilines is 3. The van der Waals surface area contributed by atoms with Crippen molar-refractivity contribution in [2.45, 2.75) is 13.3 Å². The summed E-state index contributed by atoms with van der Waals surface area (Å²) >= 11 is 0. The molecule has 2 N–H and O–H groups in total. The first kappa shape index (κ1) is 17.0. The van der Waals surface area contributed by atoms with E-state index >= 15 is 0 Å². The van der Waals surface area contributed by atoms with Crippen LogP contribution in [-0.4, -0.2) is 29.1 Å². The molecule has 1 aromatic carbocycles. The molecule has 0 atom stereocenters. The molecule has 1 aliphatic rings. The summed E-state index contributed by atoms with van der Waals surface area (Å²) in [5.74, 6) is 2.12. The first-order valence-corrected chi connectivity index (χ1v) is 8.80. The fourth-order valence-corrected chi connectivity index (χ4v) is 3.17. The lowest BCUT2D eigenvalue weighted by Crippen LogP contribution is -2.02. The number of hydrogen-bond donors (Lipinski definition) is 2. The van der Waals surface area contributed by atoms with Gasteiger partial charge in [0.2, 0.25) is 5.95 Å². The monoisotopic (exact) mass is 359 g/mol. The minimum atomic E-state index is 0.548. The Kier molecular flexibility index (Phi) is 4.46. The fraction of sp³-hybridized carbons (Fsp3) is 0.190. The van der Waals surface area contributed by atoms with Crippen LogP contribution in [0.4, 0.5) is 17.5 Å². The number of hydrogen-bond acceptors (Lipinski definition) is 6. The van der Waals surface area contributed by atoms with Crippen LogP contribution in [0.15, 0.2) is 42.6 Å². The number of aryl methyl sites for hydroxylation is 1. The molecule has 1 aliphatic carbocycles. The molecule has 3 aromatic rings. The Morgan fingerprint density at radius 3 is 2.81 bits per heavy atom. The molecule has 0 radical (unpaired) electrons. The molecule has 0 unspecified atom stereocenters. The van der Waals surface area contributed by atoms with E-state index in [9.17, 15) is 0 Å². The van der Waals surface area contributed by atoms with Gasteiger partial charge in [0.05, 0.1) is 12.8 Å². The Morgan fingerprint density at radius 2 is 2.00 bits per heavy atom. The average Bonchev–Trinajstić information content (AvgIpc) is 3.15. The summed E-state index contributed by atoms with van der Waals surface area (Å²) in [4.78, 5) is 13.5. The van der Waals surface area contributed by atoms with Crippen LogP contribution >= 0.6 is 0 Å². The zero-order chi connectivity index (χ0) is 18.8. The zero-order valence-electron chi connectivity index (χ0n) is 15.6. The number of methoxy groups -OCH3 is 1. The van der Waals surface area contributed by atoms with Gasteiger partial charge in [-0.05, 0) is 49.2 Å². The smallest absolute Gasteiger partial charge is 0.229 e. The molecule has 0 saturated carbocycles. The molecule has 6 nitrogen and oxygen atoms in total. The number of allylic oxidation sites excluding steroid dienone is 1. The largest absolute Gasteiger partial charge is 0.496 e. The van der Waals surface area contributed by atoms with Gasteiger partial charge in [0.25, 0.3) is 0 Å². The van der Waals surface area contributed by atoms with E-state index in [-0.39, 0.29) is 0 Å². The van der Waals surface area contributed by atoms with Gasteiger partial charge in [0, 0.05) is 41.8 Å². The molecule has 4 rings (SSSR count). The number of aromatic nitrogens is 3. The van der Waals surface area contributed by atoms with Gasteiger partial charge in [-0.3, -0.25) is 4.98 Å². The molecule has 0 aliphatic heterocycles. The van der Waals surface area contributed by atoms with Crippen LogP contribution in [-0.2, 0) is 6.42 Å². The van der Waals surface area contributed by atoms with Crippen molar-refractivity contribution in [2.75, 3.05) is 24.8 Å². The Morgan fingerprint density at radius 1 is 1.11 bits per heavy atom. The minimum Gasteiger partial charge on any atom is -0.496 e. The Bertz CT molecular complexity index is 1030. The van der Waals surface area contributed by atoms with E-state index < -0.39 is 0 Å². The van der Waals surface area contributed by atoms with Crippen molar-refractivity contribution in [1.82, 2.24) is 15.0 Å². The number of nitrogens with one attached hydrogen (secondary N) is 2. The Hall–Kier alpha value is -3.41. The van der Waals surface area contributed by atoms with Crippen LogP contribution in [0.3, 0.4) is 0 Å². The SMILES string of the molecule is CNc1cc(C)nc(Nc2ccc(OC)c(-c3cnc4c(c3)CC=C4)c2)n1. The number of ether oxygens (including phenoxy) is 1. The van der Waals surface area contributed by atoms with Crippen LogP contribution in [0.1, 0.15) is 17.0 Å². The van der Waals surface area contributed by atoms with Gasteiger partial charge in [-0.2, -0.15) is 4.98 Å². The Labute approximate surface area is 158 Å². The second-order valence-electron chi connectivity index (χ2n) is 6.38. The highest BCUT2D eigenvalue weighted by molar-refractivity contribution is 5.76. The minimum absolute atomic E-state index is 0.548. The van der Waals surface area contributed by atoms with Crippen LogP contribution in [0.5, 0.6) is 5.75 Å². The van der Waals surface area contributed by atoms with Gasteiger partial charge in [-0.15, -0.1) is 0 Å². The van der Waals surface area contributed by atoms with E-state index in [2.05, 4.69) is 43.8 Å². The topological polar surface area (TPSA) is 72.0 Å². The highest BCUT2D eigenvalue weighted by atomic mass is 16.5. The third-order valence-corrected chi connectivity index (χ3v) is 4.49. The summed E-state index contributed by atoms with van der Waals surface area (Å²) in [7, 11) is 3.52. The number of fused-ring (bicyclic) bond motifs is 1. The first-order valence-electron chi connectivity index (χ1n) is 8.80. The van der Waals surface area contributed by atoms with Crippen molar-refractivity contribution < 1.29 is 4.74 Å². The molecule has 27 heavy (non-hydrogen) atoms. The third-order valence-electron chi connectivity index (χ3n) is 4.49. The molecule has 6 heteroatoms. The van der Waals surface area contributed by atoms with Gasteiger partial charge in [0.1, 0.15) is 11.6 Å². The van der Waals surface area contributed by atoms with Gasteiger partial charge >= 0.3 is 0 Å². The quantitative estimate of drug-likeness (QED) is 0.711. The van der Waals surface area contributed by atoms with E-state index in [0.717, 1.165) is 46.2 Å². The zero-order valence-corrected chi connectivity index (χ0v) is 15.6. The summed E-state index contributed by atoms with van der Waals surface area (Å²) in [6.45, 7) is 1.94. The van der Waals surface area contributed by atoms with Crippen LogP contribution in [0.25, 0.3) is 17.2 Å². The van der Waals surface area contributed by atoms with Gasteiger partial charge in [-0.1, -0.05) is 6.08 Å². The molecule has 0 saturated heterocycles. The van der Waals surface area contributed by atoms with E-state index in [1.54, 1.807) is 7.11 Å². The lowest BCUT2D eigenvalue weighted by molar-refractivity contribution is 0.416. The number of benzene rings is 1. The summed E-state index contributed by atoms with van der Waals surface area (Å²) in [6.07, 6.45) is 6.99. The molecule has 0 fully saturated rings. The molecule has 0 bridgehead atoms. The summed E-state index contributed by atoms with van der Waals surface area (Å²) in [6, 6.07) is 10.0. The third kappa shape index (κ3) is 3.46. The molecular formula is C21H21N5O. The predicted molar refractivity (Wildman–Crippen MR) is 109 cm³/mol. The fourth-order valence-electron chi connectivity index (χ4n) is 3.17. The highest BCUT2D eigenvalue weighted by Crippen LogP contribution is 2.34. The van der Waals surface area contributed by atoms with E-state index in [1.807, 2.05) is 44.4 Å². The molecule has 2 heterocycles. The highest BCUT2D eigenvalue weighted by Gasteiger charge is 2.13. The maximum atomic E-state index is 5.57. The summed E-state index contributed by atoms with van der Waals surface area (Å²) < 4.78 is 5.57. The number of rotatable bonds is 5. The lowest BCUT2D eigenvalue weighted by atomic mass is 10.0. The second kappa shape index (κ2) is 7.07. The van der Waals surface area contributed by atoms with Crippen molar-refractivity contribution in [3.8, 4) is 16.9 Å². The van der Waals surface area contributed by atoms with E-state index in [1.165, 1.54) is 5.56 Å². The Balaban J connectivity index is 1.70. The number of nitrogens with zero attached hydrogens (tertiary/aromatic N) is 3. The summed E-state index contributed by atoms with van der Waals surface area (Å²) in [5, 5.41) is 6.33. The first-order chi connectivity index (χ1) is 13.2. The second-order valence-corrected chi connectivity index (χ2v) is 6.38. The van der Waals surface area contributed by atoms with Crippen LogP contribution < -0.4 is 15.4 Å². The normalized spacial score (nSPS) is 12.0. The van der Waals surface area contributed by atoms with E-state index in [4.69, 9.17) is 4.74 Å². The standard InChI is InChI=1S/C21H21N5O/c1-13-9-20(22-2)26-21(24-13)25-16-7-8-19(27-3)17(11-16)15-10-14-5-4-6-18(14)23-12-15/h4,6-12H,5H2,1-3H3,(H2,22,24,25,26).